The number of amides is 1. The average Bonchev–Trinajstić information content (AvgIpc) is 3.31. The topological polar surface area (TPSA) is 78.8 Å². The summed E-state index contributed by atoms with van der Waals surface area (Å²) in [5.41, 5.74) is 1.03. The van der Waals surface area contributed by atoms with Crippen LogP contribution in [0.5, 0.6) is 0 Å². The van der Waals surface area contributed by atoms with Crippen LogP contribution in [0.25, 0.3) is 10.9 Å². The van der Waals surface area contributed by atoms with Gasteiger partial charge in [0.2, 0.25) is 15.9 Å². The summed E-state index contributed by atoms with van der Waals surface area (Å²) in [5.74, 6) is 0.696. The molecule has 1 amide bonds. The Balaban J connectivity index is 1.26. The molecular formula is C25H31N5O3S. The first kappa shape index (κ1) is 22.9. The molecule has 0 N–H and O–H groups in total. The Morgan fingerprint density at radius 2 is 1.88 bits per heavy atom. The number of hydrogen-bond acceptors (Lipinski definition) is 5. The van der Waals surface area contributed by atoms with Gasteiger partial charge in [-0.2, -0.15) is 4.31 Å². The Kier molecular flexibility index (Phi) is 6.31. The van der Waals surface area contributed by atoms with E-state index in [-0.39, 0.29) is 18.4 Å². The van der Waals surface area contributed by atoms with Crippen LogP contribution in [0.15, 0.2) is 59.8 Å². The molecule has 0 saturated carbocycles. The summed E-state index contributed by atoms with van der Waals surface area (Å²) in [6.07, 6.45) is 5.17. The Hall–Kier alpha value is -2.91. The molecule has 0 spiro atoms. The van der Waals surface area contributed by atoms with Crippen LogP contribution in [-0.4, -0.2) is 72.3 Å². The lowest BCUT2D eigenvalue weighted by Gasteiger charge is -2.39. The molecule has 2 aromatic heterocycles. The Bertz CT molecular complexity index is 1270. The van der Waals surface area contributed by atoms with E-state index in [9.17, 15) is 13.2 Å². The molecule has 2 fully saturated rings. The summed E-state index contributed by atoms with van der Waals surface area (Å²) < 4.78 is 30.5. The Morgan fingerprint density at radius 3 is 2.62 bits per heavy atom. The van der Waals surface area contributed by atoms with Crippen molar-refractivity contribution >= 4 is 32.7 Å². The molecule has 5 rings (SSSR count). The molecule has 0 bridgehead atoms. The number of aromatic nitrogens is 2. The number of anilines is 1. The van der Waals surface area contributed by atoms with Crippen LogP contribution in [0.2, 0.25) is 0 Å². The average molecular weight is 482 g/mol. The molecule has 2 aliphatic rings. The second-order valence-electron chi connectivity index (χ2n) is 9.02. The van der Waals surface area contributed by atoms with Gasteiger partial charge in [-0.25, -0.2) is 13.4 Å². The number of fused-ring (bicyclic) bond motifs is 1. The molecule has 180 valence electrons. The first-order valence-electron chi connectivity index (χ1n) is 12.0. The molecule has 2 aliphatic heterocycles. The van der Waals surface area contributed by atoms with E-state index in [1.807, 2.05) is 41.4 Å². The van der Waals surface area contributed by atoms with E-state index >= 15 is 0 Å². The van der Waals surface area contributed by atoms with Crippen molar-refractivity contribution in [2.45, 2.75) is 31.2 Å². The van der Waals surface area contributed by atoms with Gasteiger partial charge in [0.05, 0.1) is 10.8 Å². The van der Waals surface area contributed by atoms with Gasteiger partial charge < -0.3 is 14.4 Å². The van der Waals surface area contributed by atoms with E-state index in [0.29, 0.717) is 31.0 Å². The van der Waals surface area contributed by atoms with E-state index in [0.717, 1.165) is 42.8 Å². The van der Waals surface area contributed by atoms with E-state index < -0.39 is 10.0 Å². The van der Waals surface area contributed by atoms with Crippen LogP contribution >= 0.6 is 0 Å². The summed E-state index contributed by atoms with van der Waals surface area (Å²) >= 11 is 0. The molecule has 0 aliphatic carbocycles. The number of aryl methyl sites for hydroxylation is 1. The standard InChI is InChI=1S/C25H31N5O3S/c1-2-27-13-10-20-18-22(8-9-23(20)27)34(32,33)30-12-5-6-21(19-30)25(31)29-16-14-28(15-17-29)24-7-3-4-11-26-24/h3-4,7-11,13,18,21H,2,5-6,12,14-17,19H2,1H3. The third-order valence-electron chi connectivity index (χ3n) is 7.02. The maximum Gasteiger partial charge on any atom is 0.243 e. The number of benzene rings is 1. The van der Waals surface area contributed by atoms with Crippen molar-refractivity contribution in [3.8, 4) is 0 Å². The predicted octanol–water partition coefficient (Wildman–Crippen LogP) is 2.81. The molecule has 1 atom stereocenters. The van der Waals surface area contributed by atoms with E-state index in [2.05, 4.69) is 21.4 Å². The fraction of sp³-hybridized carbons (Fsp3) is 0.440. The third kappa shape index (κ3) is 4.30. The summed E-state index contributed by atoms with van der Waals surface area (Å²) in [7, 11) is -3.66. The molecule has 0 radical (unpaired) electrons. The summed E-state index contributed by atoms with van der Waals surface area (Å²) in [5, 5.41) is 0.915. The van der Waals surface area contributed by atoms with Gasteiger partial charge in [0.15, 0.2) is 0 Å². The van der Waals surface area contributed by atoms with Crippen LogP contribution in [-0.2, 0) is 21.4 Å². The van der Waals surface area contributed by atoms with E-state index in [1.165, 1.54) is 4.31 Å². The van der Waals surface area contributed by atoms with Gasteiger partial charge in [-0.1, -0.05) is 6.07 Å². The van der Waals surface area contributed by atoms with Crippen molar-refractivity contribution in [2.75, 3.05) is 44.2 Å². The minimum Gasteiger partial charge on any atom is -0.353 e. The smallest absolute Gasteiger partial charge is 0.243 e. The van der Waals surface area contributed by atoms with Crippen LogP contribution in [0, 0.1) is 5.92 Å². The number of sulfonamides is 1. The fourth-order valence-electron chi connectivity index (χ4n) is 5.08. The zero-order valence-corrected chi connectivity index (χ0v) is 20.3. The zero-order chi connectivity index (χ0) is 23.7. The summed E-state index contributed by atoms with van der Waals surface area (Å²) in [4.78, 5) is 22.1. The second kappa shape index (κ2) is 9.38. The quantitative estimate of drug-likeness (QED) is 0.560. The second-order valence-corrected chi connectivity index (χ2v) is 11.0. The molecule has 9 heteroatoms. The van der Waals surface area contributed by atoms with Gasteiger partial charge in [0.25, 0.3) is 0 Å². The van der Waals surface area contributed by atoms with Crippen molar-refractivity contribution < 1.29 is 13.2 Å². The highest BCUT2D eigenvalue weighted by atomic mass is 32.2. The number of piperazine rings is 1. The maximum atomic E-state index is 13.4. The lowest BCUT2D eigenvalue weighted by Crippen LogP contribution is -2.53. The van der Waals surface area contributed by atoms with Gasteiger partial charge >= 0.3 is 0 Å². The Labute approximate surface area is 200 Å². The number of hydrogen-bond donors (Lipinski definition) is 0. The molecule has 34 heavy (non-hydrogen) atoms. The molecule has 1 unspecified atom stereocenters. The van der Waals surface area contributed by atoms with Crippen LogP contribution in [0.4, 0.5) is 5.82 Å². The molecule has 8 nitrogen and oxygen atoms in total. The van der Waals surface area contributed by atoms with Crippen molar-refractivity contribution in [1.29, 1.82) is 0 Å². The van der Waals surface area contributed by atoms with Crippen LogP contribution in [0.1, 0.15) is 19.8 Å². The van der Waals surface area contributed by atoms with Crippen LogP contribution < -0.4 is 4.90 Å². The number of piperidine rings is 1. The number of pyridine rings is 1. The third-order valence-corrected chi connectivity index (χ3v) is 8.88. The largest absolute Gasteiger partial charge is 0.353 e. The van der Waals surface area contributed by atoms with E-state index in [4.69, 9.17) is 0 Å². The van der Waals surface area contributed by atoms with Crippen molar-refractivity contribution in [3.05, 3.63) is 54.9 Å². The van der Waals surface area contributed by atoms with Crippen LogP contribution in [0.3, 0.4) is 0 Å². The molecule has 4 heterocycles. The molecule has 1 aromatic carbocycles. The SMILES string of the molecule is CCn1ccc2cc(S(=O)(=O)N3CCCC(C(=O)N4CCN(c5ccccn5)CC4)C3)ccc21. The highest BCUT2D eigenvalue weighted by Gasteiger charge is 2.36. The number of nitrogens with zero attached hydrogens (tertiary/aromatic N) is 5. The lowest BCUT2D eigenvalue weighted by molar-refractivity contribution is -0.137. The monoisotopic (exact) mass is 481 g/mol. The van der Waals surface area contributed by atoms with Gasteiger partial charge in [0.1, 0.15) is 5.82 Å². The van der Waals surface area contributed by atoms with Gasteiger partial charge in [0, 0.05) is 69.1 Å². The number of carbonyl (C=O) groups is 1. The molecule has 3 aromatic rings. The predicted molar refractivity (Wildman–Crippen MR) is 132 cm³/mol. The van der Waals surface area contributed by atoms with E-state index in [1.54, 1.807) is 18.3 Å². The summed E-state index contributed by atoms with van der Waals surface area (Å²) in [6, 6.07) is 13.1. The number of carbonyl (C=O) groups excluding carboxylic acids is 1. The van der Waals surface area contributed by atoms with Crippen molar-refractivity contribution in [3.63, 3.8) is 0 Å². The molecule has 2 saturated heterocycles. The minimum atomic E-state index is -3.66. The maximum absolute atomic E-state index is 13.4. The number of rotatable bonds is 5. The lowest BCUT2D eigenvalue weighted by atomic mass is 9.98. The van der Waals surface area contributed by atoms with Gasteiger partial charge in [-0.05, 0) is 56.2 Å². The molecular weight excluding hydrogens is 450 g/mol. The summed E-state index contributed by atoms with van der Waals surface area (Å²) in [6.45, 7) is 6.32. The van der Waals surface area contributed by atoms with Gasteiger partial charge in [-0.3, -0.25) is 4.79 Å². The highest BCUT2D eigenvalue weighted by molar-refractivity contribution is 7.89. The minimum absolute atomic E-state index is 0.0658. The first-order chi connectivity index (χ1) is 16.5. The highest BCUT2D eigenvalue weighted by Crippen LogP contribution is 2.28. The van der Waals surface area contributed by atoms with Gasteiger partial charge in [-0.15, -0.1) is 0 Å². The Morgan fingerprint density at radius 1 is 1.06 bits per heavy atom. The van der Waals surface area contributed by atoms with Crippen molar-refractivity contribution in [2.24, 2.45) is 5.92 Å². The fourth-order valence-corrected chi connectivity index (χ4v) is 6.64. The normalized spacial score (nSPS) is 20.1. The zero-order valence-electron chi connectivity index (χ0n) is 19.5. The van der Waals surface area contributed by atoms with Crippen molar-refractivity contribution in [1.82, 2.24) is 18.8 Å². The first-order valence-corrected chi connectivity index (χ1v) is 13.4.